The van der Waals surface area contributed by atoms with Gasteiger partial charge in [0.2, 0.25) is 0 Å². The highest BCUT2D eigenvalue weighted by atomic mass is 19.1. The second-order valence-corrected chi connectivity index (χ2v) is 2.78. The normalized spacial score (nSPS) is 9.93. The van der Waals surface area contributed by atoms with Gasteiger partial charge in [0.15, 0.2) is 5.82 Å². The number of phenols is 1. The SMILES string of the molecule is Oc1cccc(Oc2ncc(F)cn2)c1. The van der Waals surface area contributed by atoms with E-state index in [2.05, 4.69) is 9.97 Å². The molecule has 1 aromatic heterocycles. The maximum absolute atomic E-state index is 12.5. The van der Waals surface area contributed by atoms with Crippen molar-refractivity contribution in [2.45, 2.75) is 0 Å². The Bertz CT molecular complexity index is 459. The number of nitrogens with zero attached hydrogens (tertiary/aromatic N) is 2. The first-order valence-corrected chi connectivity index (χ1v) is 4.18. The Morgan fingerprint density at radius 1 is 1.20 bits per heavy atom. The van der Waals surface area contributed by atoms with E-state index in [4.69, 9.17) is 9.84 Å². The van der Waals surface area contributed by atoms with E-state index >= 15 is 0 Å². The molecule has 0 radical (unpaired) electrons. The third-order valence-electron chi connectivity index (χ3n) is 1.62. The molecule has 1 aromatic carbocycles. The minimum absolute atomic E-state index is 0.0296. The number of phenolic OH excluding ortho intramolecular Hbond substituents is 1. The standard InChI is InChI=1S/C10H7FN2O2/c11-7-5-12-10(13-6-7)15-9-3-1-2-8(14)4-9/h1-6,14H. The maximum atomic E-state index is 12.5. The molecule has 2 aromatic rings. The van der Waals surface area contributed by atoms with E-state index in [1.165, 1.54) is 12.1 Å². The summed E-state index contributed by atoms with van der Waals surface area (Å²) in [7, 11) is 0. The fourth-order valence-electron chi connectivity index (χ4n) is 1.01. The van der Waals surface area contributed by atoms with Crippen LogP contribution in [0.4, 0.5) is 4.39 Å². The highest BCUT2D eigenvalue weighted by Crippen LogP contribution is 2.21. The molecule has 0 amide bonds. The molecule has 0 atom stereocenters. The van der Waals surface area contributed by atoms with Crippen LogP contribution in [-0.2, 0) is 0 Å². The first-order valence-electron chi connectivity index (χ1n) is 4.18. The third kappa shape index (κ3) is 2.40. The third-order valence-corrected chi connectivity index (χ3v) is 1.62. The Labute approximate surface area is 85.0 Å². The van der Waals surface area contributed by atoms with Gasteiger partial charge in [0.25, 0.3) is 0 Å². The van der Waals surface area contributed by atoms with Gasteiger partial charge in [-0.2, -0.15) is 0 Å². The fourth-order valence-corrected chi connectivity index (χ4v) is 1.01. The van der Waals surface area contributed by atoms with E-state index in [-0.39, 0.29) is 11.8 Å². The number of benzene rings is 1. The number of aromatic nitrogens is 2. The molecule has 0 unspecified atom stereocenters. The van der Waals surface area contributed by atoms with Gasteiger partial charge >= 0.3 is 6.01 Å². The van der Waals surface area contributed by atoms with Gasteiger partial charge < -0.3 is 9.84 Å². The average Bonchev–Trinajstić information content (AvgIpc) is 2.22. The molecule has 0 aliphatic heterocycles. The van der Waals surface area contributed by atoms with Crippen LogP contribution in [0.2, 0.25) is 0 Å². The maximum Gasteiger partial charge on any atom is 0.322 e. The summed E-state index contributed by atoms with van der Waals surface area (Å²) in [5.41, 5.74) is 0. The Morgan fingerprint density at radius 3 is 2.60 bits per heavy atom. The van der Waals surface area contributed by atoms with E-state index in [9.17, 15) is 4.39 Å². The van der Waals surface area contributed by atoms with E-state index in [1.807, 2.05) is 0 Å². The number of hydrogen-bond donors (Lipinski definition) is 1. The zero-order valence-corrected chi connectivity index (χ0v) is 7.59. The van der Waals surface area contributed by atoms with Gasteiger partial charge in [-0.05, 0) is 12.1 Å². The predicted molar refractivity (Wildman–Crippen MR) is 50.2 cm³/mol. The summed E-state index contributed by atoms with van der Waals surface area (Å²) in [6.07, 6.45) is 2.01. The molecule has 2 rings (SSSR count). The molecular weight excluding hydrogens is 199 g/mol. The number of ether oxygens (including phenoxy) is 1. The number of halogens is 1. The predicted octanol–water partition coefficient (Wildman–Crippen LogP) is 2.11. The first kappa shape index (κ1) is 9.39. The molecule has 1 N–H and O–H groups in total. The van der Waals surface area contributed by atoms with Gasteiger partial charge in [-0.25, -0.2) is 14.4 Å². The van der Waals surface area contributed by atoms with Crippen molar-refractivity contribution in [3.8, 4) is 17.5 Å². The summed E-state index contributed by atoms with van der Waals surface area (Å²) in [6.45, 7) is 0. The molecule has 0 spiro atoms. The highest BCUT2D eigenvalue weighted by molar-refractivity contribution is 5.33. The lowest BCUT2D eigenvalue weighted by atomic mass is 10.3. The van der Waals surface area contributed by atoms with Crippen LogP contribution in [0.3, 0.4) is 0 Å². The molecule has 0 saturated carbocycles. The van der Waals surface area contributed by atoms with Crippen LogP contribution in [0.5, 0.6) is 17.5 Å². The Kier molecular flexibility index (Phi) is 2.45. The molecule has 0 aliphatic carbocycles. The molecule has 0 saturated heterocycles. The van der Waals surface area contributed by atoms with Crippen molar-refractivity contribution >= 4 is 0 Å². The van der Waals surface area contributed by atoms with Crippen LogP contribution in [-0.4, -0.2) is 15.1 Å². The molecule has 0 fully saturated rings. The summed E-state index contributed by atoms with van der Waals surface area (Å²) >= 11 is 0. The lowest BCUT2D eigenvalue weighted by molar-refractivity contribution is 0.427. The van der Waals surface area contributed by atoms with Crippen molar-refractivity contribution < 1.29 is 14.2 Å². The molecule has 0 aliphatic rings. The van der Waals surface area contributed by atoms with E-state index < -0.39 is 5.82 Å². The van der Waals surface area contributed by atoms with Crippen LogP contribution < -0.4 is 4.74 Å². The fraction of sp³-hybridized carbons (Fsp3) is 0. The lowest BCUT2D eigenvalue weighted by Crippen LogP contribution is -1.91. The van der Waals surface area contributed by atoms with E-state index in [1.54, 1.807) is 12.1 Å². The second kappa shape index (κ2) is 3.91. The van der Waals surface area contributed by atoms with Gasteiger partial charge in [-0.3, -0.25) is 0 Å². The van der Waals surface area contributed by atoms with Crippen LogP contribution >= 0.6 is 0 Å². The van der Waals surface area contributed by atoms with Gasteiger partial charge in [0.1, 0.15) is 11.5 Å². The Balaban J connectivity index is 2.18. The zero-order chi connectivity index (χ0) is 10.7. The van der Waals surface area contributed by atoms with Crippen molar-refractivity contribution in [2.75, 3.05) is 0 Å². The molecule has 1 heterocycles. The van der Waals surface area contributed by atoms with Gasteiger partial charge in [0.05, 0.1) is 12.4 Å². The minimum atomic E-state index is -0.529. The average molecular weight is 206 g/mol. The Hall–Kier alpha value is -2.17. The van der Waals surface area contributed by atoms with Crippen molar-refractivity contribution in [1.29, 1.82) is 0 Å². The number of aromatic hydroxyl groups is 1. The second-order valence-electron chi connectivity index (χ2n) is 2.78. The van der Waals surface area contributed by atoms with Crippen molar-refractivity contribution in [3.05, 3.63) is 42.5 Å². The quantitative estimate of drug-likeness (QED) is 0.817. The first-order chi connectivity index (χ1) is 7.24. The van der Waals surface area contributed by atoms with Crippen LogP contribution in [0.15, 0.2) is 36.7 Å². The highest BCUT2D eigenvalue weighted by Gasteiger charge is 2.00. The number of rotatable bonds is 2. The summed E-state index contributed by atoms with van der Waals surface area (Å²) in [6, 6.07) is 6.20. The molecule has 5 heteroatoms. The molecule has 15 heavy (non-hydrogen) atoms. The molecule has 76 valence electrons. The smallest absolute Gasteiger partial charge is 0.322 e. The van der Waals surface area contributed by atoms with Crippen LogP contribution in [0.1, 0.15) is 0 Å². The summed E-state index contributed by atoms with van der Waals surface area (Å²) in [5.74, 6) is -0.0607. The van der Waals surface area contributed by atoms with Crippen molar-refractivity contribution in [1.82, 2.24) is 9.97 Å². The van der Waals surface area contributed by atoms with Crippen molar-refractivity contribution in [3.63, 3.8) is 0 Å². The lowest BCUT2D eigenvalue weighted by Gasteiger charge is -2.02. The largest absolute Gasteiger partial charge is 0.508 e. The van der Waals surface area contributed by atoms with Crippen LogP contribution in [0.25, 0.3) is 0 Å². The van der Waals surface area contributed by atoms with Gasteiger partial charge in [-0.1, -0.05) is 6.07 Å². The molecule has 4 nitrogen and oxygen atoms in total. The summed E-state index contributed by atoms with van der Waals surface area (Å²) in [4.78, 5) is 7.23. The monoisotopic (exact) mass is 206 g/mol. The summed E-state index contributed by atoms with van der Waals surface area (Å²) in [5, 5.41) is 9.15. The topological polar surface area (TPSA) is 55.2 Å². The molecule has 0 bridgehead atoms. The Morgan fingerprint density at radius 2 is 1.93 bits per heavy atom. The van der Waals surface area contributed by atoms with E-state index in [0.29, 0.717) is 5.75 Å². The summed E-state index contributed by atoms with van der Waals surface area (Å²) < 4.78 is 17.6. The van der Waals surface area contributed by atoms with Crippen molar-refractivity contribution in [2.24, 2.45) is 0 Å². The minimum Gasteiger partial charge on any atom is -0.508 e. The number of hydrogen-bond acceptors (Lipinski definition) is 4. The van der Waals surface area contributed by atoms with Crippen LogP contribution in [0, 0.1) is 5.82 Å². The van der Waals surface area contributed by atoms with E-state index in [0.717, 1.165) is 12.4 Å². The van der Waals surface area contributed by atoms with Gasteiger partial charge in [0, 0.05) is 6.07 Å². The molecular formula is C10H7FN2O2. The van der Waals surface area contributed by atoms with Gasteiger partial charge in [-0.15, -0.1) is 0 Å². The zero-order valence-electron chi connectivity index (χ0n) is 7.59.